The number of carbonyl (C=O) groups excluding carboxylic acids is 1. The van der Waals surface area contributed by atoms with E-state index in [-0.39, 0.29) is 12.0 Å². The lowest BCUT2D eigenvalue weighted by Gasteiger charge is -2.20. The van der Waals surface area contributed by atoms with Crippen molar-refractivity contribution in [2.24, 2.45) is 0 Å². The Morgan fingerprint density at radius 1 is 1.23 bits per heavy atom. The first-order chi connectivity index (χ1) is 10.6. The van der Waals surface area contributed by atoms with Gasteiger partial charge in [0, 0.05) is 16.7 Å². The minimum Gasteiger partial charge on any atom is -0.490 e. The van der Waals surface area contributed by atoms with E-state index in [4.69, 9.17) is 4.74 Å². The third-order valence-corrected chi connectivity index (χ3v) is 4.16. The molecule has 114 valence electrons. The first kappa shape index (κ1) is 15.1. The van der Waals surface area contributed by atoms with Gasteiger partial charge < -0.3 is 9.64 Å². The maximum atomic E-state index is 13.0. The third-order valence-electron chi connectivity index (χ3n) is 3.67. The van der Waals surface area contributed by atoms with E-state index in [1.54, 1.807) is 0 Å². The van der Waals surface area contributed by atoms with Crippen molar-refractivity contribution in [2.75, 3.05) is 11.4 Å². The Labute approximate surface area is 139 Å². The zero-order valence-electron chi connectivity index (χ0n) is 12.7. The van der Waals surface area contributed by atoms with Gasteiger partial charge in [-0.3, -0.25) is 4.79 Å². The molecule has 0 saturated carbocycles. The molecule has 0 radical (unpaired) electrons. The summed E-state index contributed by atoms with van der Waals surface area (Å²) in [6.07, 6.45) is 0.926. The van der Waals surface area contributed by atoms with Crippen LogP contribution < -0.4 is 9.64 Å². The fourth-order valence-corrected chi connectivity index (χ4v) is 3.08. The lowest BCUT2D eigenvalue weighted by Crippen LogP contribution is -2.29. The van der Waals surface area contributed by atoms with Crippen molar-refractivity contribution in [1.29, 1.82) is 0 Å². The second-order valence-corrected chi connectivity index (χ2v) is 6.56. The highest BCUT2D eigenvalue weighted by molar-refractivity contribution is 9.10. The van der Waals surface area contributed by atoms with Gasteiger partial charge in [-0.05, 0) is 50.1 Å². The summed E-state index contributed by atoms with van der Waals surface area (Å²) in [5, 5.41) is 0. The second-order valence-electron chi connectivity index (χ2n) is 5.64. The normalized spacial score (nSPS) is 13.4. The molecule has 22 heavy (non-hydrogen) atoms. The summed E-state index contributed by atoms with van der Waals surface area (Å²) >= 11 is 3.44. The molecule has 0 aromatic heterocycles. The van der Waals surface area contributed by atoms with Crippen LogP contribution in [0.1, 0.15) is 29.8 Å². The van der Waals surface area contributed by atoms with Crippen molar-refractivity contribution in [3.63, 3.8) is 0 Å². The van der Waals surface area contributed by atoms with Crippen molar-refractivity contribution in [1.82, 2.24) is 0 Å². The lowest BCUT2D eigenvalue weighted by molar-refractivity contribution is 0.0983. The molecule has 3 nitrogen and oxygen atoms in total. The maximum Gasteiger partial charge on any atom is 0.262 e. The first-order valence-corrected chi connectivity index (χ1v) is 8.21. The molecule has 0 atom stereocenters. The van der Waals surface area contributed by atoms with Gasteiger partial charge in [-0.1, -0.05) is 34.1 Å². The number of nitrogens with zero attached hydrogens (tertiary/aromatic N) is 1. The van der Waals surface area contributed by atoms with Crippen molar-refractivity contribution >= 4 is 27.5 Å². The average Bonchev–Trinajstić information content (AvgIpc) is 2.92. The van der Waals surface area contributed by atoms with E-state index < -0.39 is 0 Å². The van der Waals surface area contributed by atoms with Crippen molar-refractivity contribution in [2.45, 2.75) is 26.4 Å². The number of benzene rings is 2. The summed E-state index contributed by atoms with van der Waals surface area (Å²) in [6.45, 7) is 4.63. The molecule has 3 rings (SSSR count). The molecule has 1 heterocycles. The molecular weight excluding hydrogens is 342 g/mol. The number of para-hydroxylation sites is 1. The van der Waals surface area contributed by atoms with Crippen LogP contribution in [0.15, 0.2) is 46.9 Å². The van der Waals surface area contributed by atoms with Crippen LogP contribution in [0, 0.1) is 0 Å². The SMILES string of the molecule is CC(C)Oc1ccc(Br)cc1C(=O)N1CCc2ccccc21. The predicted molar refractivity (Wildman–Crippen MR) is 91.7 cm³/mol. The Hall–Kier alpha value is -1.81. The largest absolute Gasteiger partial charge is 0.490 e. The zero-order valence-corrected chi connectivity index (χ0v) is 14.3. The summed E-state index contributed by atoms with van der Waals surface area (Å²) in [5.74, 6) is 0.620. The summed E-state index contributed by atoms with van der Waals surface area (Å²) in [6, 6.07) is 13.6. The van der Waals surface area contributed by atoms with E-state index in [1.165, 1.54) is 5.56 Å². The molecule has 1 aliphatic heterocycles. The quantitative estimate of drug-likeness (QED) is 0.810. The van der Waals surface area contributed by atoms with Crippen LogP contribution in [0.2, 0.25) is 0 Å². The van der Waals surface area contributed by atoms with Gasteiger partial charge in [0.2, 0.25) is 0 Å². The van der Waals surface area contributed by atoms with E-state index >= 15 is 0 Å². The second kappa shape index (κ2) is 6.13. The maximum absolute atomic E-state index is 13.0. The molecular formula is C18H18BrNO2. The van der Waals surface area contributed by atoms with E-state index in [2.05, 4.69) is 22.0 Å². The highest BCUT2D eigenvalue weighted by Crippen LogP contribution is 2.32. The van der Waals surface area contributed by atoms with Crippen molar-refractivity contribution in [3.05, 3.63) is 58.1 Å². The molecule has 4 heteroatoms. The van der Waals surface area contributed by atoms with Crippen LogP contribution in [0.3, 0.4) is 0 Å². The van der Waals surface area contributed by atoms with Crippen LogP contribution in [0.25, 0.3) is 0 Å². The van der Waals surface area contributed by atoms with E-state index in [0.717, 1.165) is 16.6 Å². The fraction of sp³-hybridized carbons (Fsp3) is 0.278. The smallest absolute Gasteiger partial charge is 0.262 e. The minimum absolute atomic E-state index is 0.0121. The van der Waals surface area contributed by atoms with Crippen LogP contribution in [-0.2, 0) is 6.42 Å². The van der Waals surface area contributed by atoms with E-state index in [0.29, 0.717) is 17.9 Å². The zero-order chi connectivity index (χ0) is 15.7. The van der Waals surface area contributed by atoms with Crippen LogP contribution in [0.4, 0.5) is 5.69 Å². The topological polar surface area (TPSA) is 29.5 Å². The van der Waals surface area contributed by atoms with E-state index in [9.17, 15) is 4.79 Å². The summed E-state index contributed by atoms with van der Waals surface area (Å²) in [5.41, 5.74) is 2.82. The standard InChI is InChI=1S/C18H18BrNO2/c1-12(2)22-17-8-7-14(19)11-15(17)18(21)20-10-9-13-5-3-4-6-16(13)20/h3-8,11-12H,9-10H2,1-2H3. The molecule has 0 N–H and O–H groups in total. The highest BCUT2D eigenvalue weighted by Gasteiger charge is 2.27. The van der Waals surface area contributed by atoms with Gasteiger partial charge >= 0.3 is 0 Å². The monoisotopic (exact) mass is 359 g/mol. The van der Waals surface area contributed by atoms with E-state index in [1.807, 2.05) is 55.1 Å². The van der Waals surface area contributed by atoms with Gasteiger partial charge in [-0.2, -0.15) is 0 Å². The molecule has 0 fully saturated rings. The number of halogens is 1. The number of rotatable bonds is 3. The number of hydrogen-bond acceptors (Lipinski definition) is 2. The number of fused-ring (bicyclic) bond motifs is 1. The van der Waals surface area contributed by atoms with Gasteiger partial charge in [0.25, 0.3) is 5.91 Å². The Bertz CT molecular complexity index is 712. The molecule has 0 bridgehead atoms. The van der Waals surface area contributed by atoms with Gasteiger partial charge in [-0.15, -0.1) is 0 Å². The molecule has 0 saturated heterocycles. The Morgan fingerprint density at radius 3 is 2.77 bits per heavy atom. The molecule has 0 aliphatic carbocycles. The number of ether oxygens (including phenoxy) is 1. The number of carbonyl (C=O) groups is 1. The van der Waals surface area contributed by atoms with Gasteiger partial charge in [0.15, 0.2) is 0 Å². The number of anilines is 1. The molecule has 0 spiro atoms. The molecule has 2 aromatic carbocycles. The highest BCUT2D eigenvalue weighted by atomic mass is 79.9. The van der Waals surface area contributed by atoms with Gasteiger partial charge in [0.05, 0.1) is 11.7 Å². The Morgan fingerprint density at radius 2 is 2.00 bits per heavy atom. The summed E-state index contributed by atoms with van der Waals surface area (Å²) in [7, 11) is 0. The Balaban J connectivity index is 1.98. The van der Waals surface area contributed by atoms with Crippen LogP contribution >= 0.6 is 15.9 Å². The fourth-order valence-electron chi connectivity index (χ4n) is 2.72. The summed E-state index contributed by atoms with van der Waals surface area (Å²) < 4.78 is 6.68. The molecule has 1 amide bonds. The van der Waals surface area contributed by atoms with Gasteiger partial charge in [0.1, 0.15) is 5.75 Å². The molecule has 1 aliphatic rings. The van der Waals surface area contributed by atoms with Gasteiger partial charge in [-0.25, -0.2) is 0 Å². The summed E-state index contributed by atoms with van der Waals surface area (Å²) in [4.78, 5) is 14.8. The lowest BCUT2D eigenvalue weighted by atomic mass is 10.1. The van der Waals surface area contributed by atoms with Crippen molar-refractivity contribution in [3.8, 4) is 5.75 Å². The number of hydrogen-bond donors (Lipinski definition) is 0. The third kappa shape index (κ3) is 2.88. The molecule has 0 unspecified atom stereocenters. The first-order valence-electron chi connectivity index (χ1n) is 7.42. The van der Waals surface area contributed by atoms with Crippen molar-refractivity contribution < 1.29 is 9.53 Å². The predicted octanol–water partition coefficient (Wildman–Crippen LogP) is 4.44. The minimum atomic E-state index is -0.0121. The average molecular weight is 360 g/mol. The Kier molecular flexibility index (Phi) is 4.21. The van der Waals surface area contributed by atoms with Crippen LogP contribution in [0.5, 0.6) is 5.75 Å². The molecule has 2 aromatic rings. The number of amides is 1. The van der Waals surface area contributed by atoms with Crippen LogP contribution in [-0.4, -0.2) is 18.6 Å².